The van der Waals surface area contributed by atoms with E-state index in [-0.39, 0.29) is 6.04 Å². The van der Waals surface area contributed by atoms with E-state index in [9.17, 15) is 4.79 Å². The molecule has 4 heteroatoms. The van der Waals surface area contributed by atoms with Crippen LogP contribution in [0.5, 0.6) is 0 Å². The zero-order valence-corrected chi connectivity index (χ0v) is 7.27. The van der Waals surface area contributed by atoms with E-state index in [4.69, 9.17) is 4.42 Å². The van der Waals surface area contributed by atoms with Gasteiger partial charge in [0.1, 0.15) is 11.8 Å². The van der Waals surface area contributed by atoms with Crippen molar-refractivity contribution in [3.8, 4) is 0 Å². The standard InChI is InChI=1S/C9H12N2O2/c12-7-11-4-3-10-6-8(11)9-2-1-5-13-9/h1-2,5,7-8,10H,3-4,6H2/t8-/m0/s1. The summed E-state index contributed by atoms with van der Waals surface area (Å²) in [6, 6.07) is 3.79. The molecule has 70 valence electrons. The first-order valence-electron chi connectivity index (χ1n) is 4.37. The molecule has 1 fully saturated rings. The maximum absolute atomic E-state index is 10.7. The number of hydrogen-bond donors (Lipinski definition) is 1. The van der Waals surface area contributed by atoms with Crippen molar-refractivity contribution in [3.63, 3.8) is 0 Å². The molecule has 0 saturated carbocycles. The van der Waals surface area contributed by atoms with E-state index in [0.717, 1.165) is 31.8 Å². The summed E-state index contributed by atoms with van der Waals surface area (Å²) in [7, 11) is 0. The van der Waals surface area contributed by atoms with Gasteiger partial charge in [0.25, 0.3) is 0 Å². The average molecular weight is 180 g/mol. The van der Waals surface area contributed by atoms with Gasteiger partial charge in [-0.2, -0.15) is 0 Å². The Balaban J connectivity index is 2.15. The van der Waals surface area contributed by atoms with Crippen LogP contribution in [0, 0.1) is 0 Å². The van der Waals surface area contributed by atoms with Gasteiger partial charge in [0.05, 0.1) is 6.26 Å². The van der Waals surface area contributed by atoms with Crippen molar-refractivity contribution in [1.82, 2.24) is 10.2 Å². The van der Waals surface area contributed by atoms with Crippen molar-refractivity contribution in [2.24, 2.45) is 0 Å². The van der Waals surface area contributed by atoms with Crippen LogP contribution in [0.1, 0.15) is 11.8 Å². The monoisotopic (exact) mass is 180 g/mol. The minimum Gasteiger partial charge on any atom is -0.467 e. The molecule has 0 bridgehead atoms. The second kappa shape index (κ2) is 3.62. The summed E-state index contributed by atoms with van der Waals surface area (Å²) in [5, 5.41) is 3.23. The number of piperazine rings is 1. The lowest BCUT2D eigenvalue weighted by atomic mass is 10.1. The third-order valence-corrected chi connectivity index (χ3v) is 2.29. The number of carbonyl (C=O) groups excluding carboxylic acids is 1. The fourth-order valence-corrected chi connectivity index (χ4v) is 1.59. The number of amides is 1. The predicted octanol–water partition coefficient (Wildman–Crippen LogP) is 0.382. The summed E-state index contributed by atoms with van der Waals surface area (Å²) in [5.41, 5.74) is 0. The Morgan fingerprint density at radius 1 is 1.69 bits per heavy atom. The van der Waals surface area contributed by atoms with Gasteiger partial charge in [-0.05, 0) is 12.1 Å². The second-order valence-corrected chi connectivity index (χ2v) is 3.08. The molecule has 0 aliphatic carbocycles. The third-order valence-electron chi connectivity index (χ3n) is 2.29. The maximum atomic E-state index is 10.7. The lowest BCUT2D eigenvalue weighted by Crippen LogP contribution is -2.45. The topological polar surface area (TPSA) is 45.5 Å². The molecule has 1 amide bonds. The van der Waals surface area contributed by atoms with Crippen molar-refractivity contribution in [1.29, 1.82) is 0 Å². The quantitative estimate of drug-likeness (QED) is 0.669. The molecule has 1 atom stereocenters. The van der Waals surface area contributed by atoms with E-state index in [2.05, 4.69) is 5.32 Å². The second-order valence-electron chi connectivity index (χ2n) is 3.08. The fourth-order valence-electron chi connectivity index (χ4n) is 1.59. The summed E-state index contributed by atoms with van der Waals surface area (Å²) < 4.78 is 5.26. The third kappa shape index (κ3) is 1.58. The van der Waals surface area contributed by atoms with E-state index in [0.29, 0.717) is 0 Å². The van der Waals surface area contributed by atoms with E-state index in [1.807, 2.05) is 12.1 Å². The highest BCUT2D eigenvalue weighted by molar-refractivity contribution is 5.48. The first kappa shape index (κ1) is 8.31. The maximum Gasteiger partial charge on any atom is 0.210 e. The summed E-state index contributed by atoms with van der Waals surface area (Å²) in [5.74, 6) is 0.847. The zero-order chi connectivity index (χ0) is 9.10. The number of nitrogens with one attached hydrogen (secondary N) is 1. The van der Waals surface area contributed by atoms with E-state index >= 15 is 0 Å². The Labute approximate surface area is 76.5 Å². The molecule has 0 aromatic carbocycles. The van der Waals surface area contributed by atoms with Crippen LogP contribution in [0.2, 0.25) is 0 Å². The molecule has 0 unspecified atom stereocenters. The highest BCUT2D eigenvalue weighted by Gasteiger charge is 2.23. The molecule has 1 aromatic heterocycles. The normalized spacial score (nSPS) is 23.1. The van der Waals surface area contributed by atoms with Crippen LogP contribution in [-0.2, 0) is 4.79 Å². The van der Waals surface area contributed by atoms with E-state index in [1.54, 1.807) is 11.2 Å². The van der Waals surface area contributed by atoms with Crippen molar-refractivity contribution < 1.29 is 9.21 Å². The molecule has 0 radical (unpaired) electrons. The van der Waals surface area contributed by atoms with Crippen LogP contribution in [0.25, 0.3) is 0 Å². The summed E-state index contributed by atoms with van der Waals surface area (Å²) >= 11 is 0. The number of furan rings is 1. The molecule has 1 aliphatic rings. The van der Waals surface area contributed by atoms with Gasteiger partial charge in [0.15, 0.2) is 0 Å². The molecule has 1 aromatic rings. The van der Waals surface area contributed by atoms with E-state index < -0.39 is 0 Å². The van der Waals surface area contributed by atoms with Crippen LogP contribution < -0.4 is 5.32 Å². The van der Waals surface area contributed by atoms with Crippen LogP contribution in [-0.4, -0.2) is 30.9 Å². The fraction of sp³-hybridized carbons (Fsp3) is 0.444. The van der Waals surface area contributed by atoms with Gasteiger partial charge in [0.2, 0.25) is 6.41 Å². The molecule has 1 N–H and O–H groups in total. The largest absolute Gasteiger partial charge is 0.467 e. The van der Waals surface area contributed by atoms with Crippen molar-refractivity contribution >= 4 is 6.41 Å². The smallest absolute Gasteiger partial charge is 0.210 e. The average Bonchev–Trinajstić information content (AvgIpc) is 2.70. The lowest BCUT2D eigenvalue weighted by molar-refractivity contribution is -0.121. The molecule has 13 heavy (non-hydrogen) atoms. The molecular formula is C9H12N2O2. The van der Waals surface area contributed by atoms with Crippen molar-refractivity contribution in [3.05, 3.63) is 24.2 Å². The SMILES string of the molecule is O=CN1CCNC[C@H]1c1ccco1. The Hall–Kier alpha value is -1.29. The van der Waals surface area contributed by atoms with Crippen LogP contribution in [0.3, 0.4) is 0 Å². The van der Waals surface area contributed by atoms with Crippen LogP contribution in [0.4, 0.5) is 0 Å². The summed E-state index contributed by atoms with van der Waals surface area (Å²) in [6.45, 7) is 2.37. The van der Waals surface area contributed by atoms with Gasteiger partial charge in [0, 0.05) is 19.6 Å². The van der Waals surface area contributed by atoms with Crippen LogP contribution >= 0.6 is 0 Å². The lowest BCUT2D eigenvalue weighted by Gasteiger charge is -2.31. The molecule has 1 aliphatic heterocycles. The number of hydrogen-bond acceptors (Lipinski definition) is 3. The predicted molar refractivity (Wildman–Crippen MR) is 47.1 cm³/mol. The molecule has 4 nitrogen and oxygen atoms in total. The number of nitrogens with zero attached hydrogens (tertiary/aromatic N) is 1. The van der Waals surface area contributed by atoms with Gasteiger partial charge < -0.3 is 14.6 Å². The molecule has 2 rings (SSSR count). The minimum absolute atomic E-state index is 0.0567. The Kier molecular flexibility index (Phi) is 2.31. The van der Waals surface area contributed by atoms with Crippen molar-refractivity contribution in [2.75, 3.05) is 19.6 Å². The highest BCUT2D eigenvalue weighted by atomic mass is 16.3. The Morgan fingerprint density at radius 3 is 3.31 bits per heavy atom. The van der Waals surface area contributed by atoms with Gasteiger partial charge in [-0.1, -0.05) is 0 Å². The molecule has 2 heterocycles. The summed E-state index contributed by atoms with van der Waals surface area (Å²) in [6.07, 6.45) is 2.51. The Bertz CT molecular complexity index is 271. The number of rotatable bonds is 2. The van der Waals surface area contributed by atoms with Gasteiger partial charge in [-0.25, -0.2) is 0 Å². The van der Waals surface area contributed by atoms with Crippen LogP contribution in [0.15, 0.2) is 22.8 Å². The van der Waals surface area contributed by atoms with Gasteiger partial charge in [-0.3, -0.25) is 4.79 Å². The van der Waals surface area contributed by atoms with Gasteiger partial charge in [-0.15, -0.1) is 0 Å². The minimum atomic E-state index is 0.0567. The van der Waals surface area contributed by atoms with Crippen molar-refractivity contribution in [2.45, 2.75) is 6.04 Å². The highest BCUT2D eigenvalue weighted by Crippen LogP contribution is 2.20. The molecular weight excluding hydrogens is 168 g/mol. The zero-order valence-electron chi connectivity index (χ0n) is 7.27. The first-order valence-corrected chi connectivity index (χ1v) is 4.37. The first-order chi connectivity index (χ1) is 6.42. The Morgan fingerprint density at radius 2 is 2.62 bits per heavy atom. The molecule has 1 saturated heterocycles. The summed E-state index contributed by atoms with van der Waals surface area (Å²) in [4.78, 5) is 12.5. The van der Waals surface area contributed by atoms with E-state index in [1.165, 1.54) is 0 Å². The van der Waals surface area contributed by atoms with Gasteiger partial charge >= 0.3 is 0 Å². The molecule has 0 spiro atoms. The number of carbonyl (C=O) groups is 1.